The van der Waals surface area contributed by atoms with Crippen molar-refractivity contribution in [1.82, 2.24) is 0 Å². The summed E-state index contributed by atoms with van der Waals surface area (Å²) < 4.78 is 0. The summed E-state index contributed by atoms with van der Waals surface area (Å²) in [6, 6.07) is 9.64. The normalized spacial score (nSPS) is 12.6. The van der Waals surface area contributed by atoms with Crippen LogP contribution in [0.4, 0.5) is 11.4 Å². The number of rotatable bonds is 2. The number of benzene rings is 2. The van der Waals surface area contributed by atoms with Gasteiger partial charge in [-0.2, -0.15) is 0 Å². The van der Waals surface area contributed by atoms with Gasteiger partial charge in [0.25, 0.3) is 0 Å². The minimum Gasteiger partial charge on any atom is -0.398 e. The Kier molecular flexibility index (Phi) is 3.25. The molecule has 5 nitrogen and oxygen atoms in total. The van der Waals surface area contributed by atoms with Crippen molar-refractivity contribution in [2.45, 2.75) is 13.3 Å². The molecule has 0 heterocycles. The predicted molar refractivity (Wildman–Crippen MR) is 83.1 cm³/mol. The molecule has 22 heavy (non-hydrogen) atoms. The van der Waals surface area contributed by atoms with Crippen molar-refractivity contribution in [1.29, 1.82) is 0 Å². The Balaban J connectivity index is 2.22. The molecule has 0 fully saturated rings. The van der Waals surface area contributed by atoms with Gasteiger partial charge in [-0.05, 0) is 12.1 Å². The average molecular weight is 294 g/mol. The maximum atomic E-state index is 12.7. The Bertz CT molecular complexity index is 825. The third-order valence-electron chi connectivity index (χ3n) is 3.70. The van der Waals surface area contributed by atoms with Gasteiger partial charge in [-0.3, -0.25) is 14.4 Å². The molecule has 3 rings (SSSR count). The molecule has 0 atom stereocenters. The van der Waals surface area contributed by atoms with Crippen LogP contribution >= 0.6 is 0 Å². The highest BCUT2D eigenvalue weighted by atomic mass is 16.2. The molecule has 0 saturated carbocycles. The van der Waals surface area contributed by atoms with Crippen LogP contribution in [0.15, 0.2) is 36.4 Å². The van der Waals surface area contributed by atoms with Gasteiger partial charge in [-0.25, -0.2) is 0 Å². The number of carbonyl (C=O) groups is 3. The first-order chi connectivity index (χ1) is 10.5. The lowest BCUT2D eigenvalue weighted by Gasteiger charge is -2.21. The van der Waals surface area contributed by atoms with E-state index in [9.17, 15) is 14.4 Å². The van der Waals surface area contributed by atoms with E-state index in [0.29, 0.717) is 5.69 Å². The molecule has 5 heteroatoms. The minimum absolute atomic E-state index is 0.216. The Morgan fingerprint density at radius 3 is 2.27 bits per heavy atom. The van der Waals surface area contributed by atoms with E-state index in [0.717, 1.165) is 0 Å². The SMILES string of the molecule is CCC(=O)Nc1cccc2c1C(=O)c1cccc(N)c1C2=O. The van der Waals surface area contributed by atoms with Gasteiger partial charge in [-0.1, -0.05) is 31.2 Å². The number of nitrogens with one attached hydrogen (secondary N) is 1. The van der Waals surface area contributed by atoms with Gasteiger partial charge < -0.3 is 11.1 Å². The maximum Gasteiger partial charge on any atom is 0.224 e. The Morgan fingerprint density at radius 1 is 1.00 bits per heavy atom. The van der Waals surface area contributed by atoms with Crippen LogP contribution in [-0.2, 0) is 4.79 Å². The van der Waals surface area contributed by atoms with E-state index in [2.05, 4.69) is 5.32 Å². The number of amides is 1. The first-order valence-electron chi connectivity index (χ1n) is 6.95. The van der Waals surface area contributed by atoms with Crippen molar-refractivity contribution in [2.75, 3.05) is 11.1 Å². The summed E-state index contributed by atoms with van der Waals surface area (Å²) in [6.07, 6.45) is 0.287. The number of hydrogen-bond donors (Lipinski definition) is 2. The largest absolute Gasteiger partial charge is 0.398 e. The maximum absolute atomic E-state index is 12.7. The Morgan fingerprint density at radius 2 is 1.59 bits per heavy atom. The van der Waals surface area contributed by atoms with Gasteiger partial charge in [0.15, 0.2) is 11.6 Å². The van der Waals surface area contributed by atoms with Gasteiger partial charge >= 0.3 is 0 Å². The monoisotopic (exact) mass is 294 g/mol. The molecular weight excluding hydrogens is 280 g/mol. The van der Waals surface area contributed by atoms with Gasteiger partial charge in [0.1, 0.15) is 0 Å². The van der Waals surface area contributed by atoms with Crippen molar-refractivity contribution in [3.8, 4) is 0 Å². The van der Waals surface area contributed by atoms with Crippen LogP contribution in [0.25, 0.3) is 0 Å². The highest BCUT2D eigenvalue weighted by Gasteiger charge is 2.33. The molecule has 2 aromatic rings. The smallest absolute Gasteiger partial charge is 0.224 e. The van der Waals surface area contributed by atoms with E-state index in [1.165, 1.54) is 0 Å². The second-order valence-corrected chi connectivity index (χ2v) is 5.06. The van der Waals surface area contributed by atoms with Crippen LogP contribution in [-0.4, -0.2) is 17.5 Å². The van der Waals surface area contributed by atoms with E-state index >= 15 is 0 Å². The highest BCUT2D eigenvalue weighted by Crippen LogP contribution is 2.34. The fourth-order valence-corrected chi connectivity index (χ4v) is 2.61. The fraction of sp³-hybridized carbons (Fsp3) is 0.118. The second-order valence-electron chi connectivity index (χ2n) is 5.06. The molecule has 0 bridgehead atoms. The summed E-state index contributed by atoms with van der Waals surface area (Å²) in [7, 11) is 0. The quantitative estimate of drug-likeness (QED) is 0.710. The van der Waals surface area contributed by atoms with Crippen LogP contribution in [0.5, 0.6) is 0 Å². The van der Waals surface area contributed by atoms with E-state index in [1.54, 1.807) is 43.3 Å². The molecule has 0 aliphatic heterocycles. The number of ketones is 2. The minimum atomic E-state index is -0.302. The predicted octanol–water partition coefficient (Wildman–Crippen LogP) is 2.39. The van der Waals surface area contributed by atoms with Crippen LogP contribution in [0.2, 0.25) is 0 Å². The molecule has 1 amide bonds. The lowest BCUT2D eigenvalue weighted by Crippen LogP contribution is -2.24. The van der Waals surface area contributed by atoms with Gasteiger partial charge in [0.2, 0.25) is 5.91 Å². The zero-order valence-electron chi connectivity index (χ0n) is 12.0. The molecule has 2 aromatic carbocycles. The summed E-state index contributed by atoms with van der Waals surface area (Å²) in [6.45, 7) is 1.72. The topological polar surface area (TPSA) is 89.3 Å². The van der Waals surface area contributed by atoms with E-state index in [-0.39, 0.29) is 51.8 Å². The summed E-state index contributed by atoms with van der Waals surface area (Å²) in [4.78, 5) is 37.0. The Labute approximate surface area is 127 Å². The molecule has 0 spiro atoms. The van der Waals surface area contributed by atoms with Crippen molar-refractivity contribution in [3.63, 3.8) is 0 Å². The number of fused-ring (bicyclic) bond motifs is 2. The zero-order valence-corrected chi connectivity index (χ0v) is 12.0. The van der Waals surface area contributed by atoms with Crippen LogP contribution in [0.1, 0.15) is 45.2 Å². The first-order valence-corrected chi connectivity index (χ1v) is 6.95. The summed E-state index contributed by atoms with van der Waals surface area (Å²) in [5.74, 6) is -0.814. The number of nitrogen functional groups attached to an aromatic ring is 1. The molecule has 0 unspecified atom stereocenters. The zero-order chi connectivity index (χ0) is 15.9. The fourth-order valence-electron chi connectivity index (χ4n) is 2.61. The standard InChI is InChI=1S/C17H14N2O3/c1-2-13(20)19-12-8-4-6-10-15(12)17(22)9-5-3-7-11(18)14(9)16(10)21/h3-8H,2,18H2,1H3,(H,19,20). The molecule has 0 saturated heterocycles. The molecule has 3 N–H and O–H groups in total. The van der Waals surface area contributed by atoms with E-state index < -0.39 is 0 Å². The van der Waals surface area contributed by atoms with E-state index in [1.807, 2.05) is 0 Å². The number of nitrogens with two attached hydrogens (primary N) is 1. The molecule has 1 aliphatic carbocycles. The van der Waals surface area contributed by atoms with Crippen molar-refractivity contribution < 1.29 is 14.4 Å². The van der Waals surface area contributed by atoms with E-state index in [4.69, 9.17) is 5.73 Å². The summed E-state index contributed by atoms with van der Waals surface area (Å²) in [5.41, 5.74) is 7.49. The van der Waals surface area contributed by atoms with Gasteiger partial charge in [0.05, 0.1) is 16.8 Å². The lowest BCUT2D eigenvalue weighted by molar-refractivity contribution is -0.115. The number of anilines is 2. The lowest BCUT2D eigenvalue weighted by atomic mass is 9.82. The third-order valence-corrected chi connectivity index (χ3v) is 3.70. The summed E-state index contributed by atoms with van der Waals surface area (Å²) in [5, 5.41) is 2.67. The number of hydrogen-bond acceptors (Lipinski definition) is 4. The van der Waals surface area contributed by atoms with Gasteiger partial charge in [-0.15, -0.1) is 0 Å². The molecule has 0 radical (unpaired) electrons. The second kappa shape index (κ2) is 5.11. The van der Waals surface area contributed by atoms with Crippen molar-refractivity contribution in [3.05, 3.63) is 58.7 Å². The molecular formula is C17H14N2O3. The van der Waals surface area contributed by atoms with Crippen LogP contribution in [0, 0.1) is 0 Å². The highest BCUT2D eigenvalue weighted by molar-refractivity contribution is 6.32. The third kappa shape index (κ3) is 1.98. The molecule has 1 aliphatic rings. The summed E-state index contributed by atoms with van der Waals surface area (Å²) >= 11 is 0. The molecule has 110 valence electrons. The van der Waals surface area contributed by atoms with Crippen molar-refractivity contribution >= 4 is 28.8 Å². The van der Waals surface area contributed by atoms with Crippen LogP contribution in [0.3, 0.4) is 0 Å². The average Bonchev–Trinajstić information content (AvgIpc) is 2.52. The Hall–Kier alpha value is -2.95. The molecule has 0 aromatic heterocycles. The first kappa shape index (κ1) is 14.0. The van der Waals surface area contributed by atoms with Gasteiger partial charge in [0, 0.05) is 23.2 Å². The number of carbonyl (C=O) groups excluding carboxylic acids is 3. The van der Waals surface area contributed by atoms with Crippen molar-refractivity contribution in [2.24, 2.45) is 0 Å². The van der Waals surface area contributed by atoms with Crippen LogP contribution < -0.4 is 11.1 Å².